The number of nitrogens with one attached hydrogen (secondary N) is 1. The Morgan fingerprint density at radius 3 is 2.15 bits per heavy atom. The Labute approximate surface area is 165 Å². The summed E-state index contributed by atoms with van der Waals surface area (Å²) in [6.07, 6.45) is 2.98. The molecule has 5 nitrogen and oxygen atoms in total. The van der Waals surface area contributed by atoms with Crippen molar-refractivity contribution in [3.05, 3.63) is 58.8 Å². The molecule has 1 heterocycles. The first kappa shape index (κ1) is 20.9. The summed E-state index contributed by atoms with van der Waals surface area (Å²) >= 11 is 0. The largest absolute Gasteiger partial charge is 0.351 e. The smallest absolute Gasteiger partial charge is 0.240 e. The van der Waals surface area contributed by atoms with Gasteiger partial charge in [0.25, 0.3) is 0 Å². The molecule has 3 N–H and O–H groups in total. The van der Waals surface area contributed by atoms with Gasteiger partial charge in [0, 0.05) is 23.4 Å². The minimum absolute atomic E-state index is 0. The van der Waals surface area contributed by atoms with Crippen molar-refractivity contribution in [2.45, 2.75) is 38.8 Å². The second-order valence-electron chi connectivity index (χ2n) is 6.59. The number of fused-ring (bicyclic) bond motifs is 2. The van der Waals surface area contributed by atoms with E-state index in [1.807, 2.05) is 53.1 Å². The fourth-order valence-corrected chi connectivity index (χ4v) is 3.36. The summed E-state index contributed by atoms with van der Waals surface area (Å²) in [4.78, 5) is 25.4. The van der Waals surface area contributed by atoms with E-state index in [1.165, 1.54) is 0 Å². The number of nitrogens with two attached hydrogens (primary N) is 1. The zero-order chi connectivity index (χ0) is 18.5. The van der Waals surface area contributed by atoms with Gasteiger partial charge in [-0.2, -0.15) is 0 Å². The van der Waals surface area contributed by atoms with Gasteiger partial charge in [-0.15, -0.1) is 12.4 Å². The number of carbonyl (C=O) groups excluding carboxylic acids is 1. The van der Waals surface area contributed by atoms with Gasteiger partial charge < -0.3 is 15.6 Å². The fraction of sp³-hybridized carbons (Fsp3) is 0.333. The minimum Gasteiger partial charge on any atom is -0.351 e. The topological polar surface area (TPSA) is 77.1 Å². The van der Waals surface area contributed by atoms with Crippen molar-refractivity contribution in [2.24, 2.45) is 5.73 Å². The molecule has 2 aromatic carbocycles. The van der Waals surface area contributed by atoms with Crippen molar-refractivity contribution in [2.75, 3.05) is 6.54 Å². The van der Waals surface area contributed by atoms with Crippen molar-refractivity contribution >= 4 is 40.1 Å². The molecule has 1 atom stereocenters. The second-order valence-corrected chi connectivity index (χ2v) is 6.59. The van der Waals surface area contributed by atoms with E-state index in [1.54, 1.807) is 0 Å². The quantitative estimate of drug-likeness (QED) is 0.611. The highest BCUT2D eigenvalue weighted by molar-refractivity contribution is 5.94. The molecule has 6 heteroatoms. The van der Waals surface area contributed by atoms with Crippen LogP contribution in [0.25, 0.3) is 21.8 Å². The molecule has 1 amide bonds. The molecule has 1 unspecified atom stereocenters. The maximum absolute atomic E-state index is 12.7. The SMILES string of the molecule is CCCCC(CN)NC(=O)Cn1c2ccccc2c(=O)c2ccccc21.Cl. The Hall–Kier alpha value is -2.37. The predicted molar refractivity (Wildman–Crippen MR) is 113 cm³/mol. The summed E-state index contributed by atoms with van der Waals surface area (Å²) in [5.74, 6) is -0.0875. The summed E-state index contributed by atoms with van der Waals surface area (Å²) in [6, 6.07) is 14.8. The maximum atomic E-state index is 12.7. The van der Waals surface area contributed by atoms with E-state index in [4.69, 9.17) is 5.73 Å². The van der Waals surface area contributed by atoms with Crippen molar-refractivity contribution in [1.82, 2.24) is 9.88 Å². The molecule has 144 valence electrons. The summed E-state index contributed by atoms with van der Waals surface area (Å²) in [5.41, 5.74) is 7.32. The third-order valence-corrected chi connectivity index (χ3v) is 4.74. The summed E-state index contributed by atoms with van der Waals surface area (Å²) in [6.45, 7) is 2.70. The summed E-state index contributed by atoms with van der Waals surface area (Å²) in [5, 5.41) is 4.28. The van der Waals surface area contributed by atoms with Gasteiger partial charge in [0.1, 0.15) is 6.54 Å². The van der Waals surface area contributed by atoms with Gasteiger partial charge in [-0.05, 0) is 30.7 Å². The first-order valence-electron chi connectivity index (χ1n) is 9.15. The number of para-hydroxylation sites is 2. The summed E-state index contributed by atoms with van der Waals surface area (Å²) < 4.78 is 1.91. The van der Waals surface area contributed by atoms with E-state index in [0.29, 0.717) is 17.3 Å². The van der Waals surface area contributed by atoms with Crippen LogP contribution in [-0.4, -0.2) is 23.1 Å². The first-order chi connectivity index (χ1) is 12.7. The highest BCUT2D eigenvalue weighted by Gasteiger charge is 2.15. The van der Waals surface area contributed by atoms with Crippen LogP contribution in [0, 0.1) is 0 Å². The van der Waals surface area contributed by atoms with Crippen molar-refractivity contribution < 1.29 is 4.79 Å². The van der Waals surface area contributed by atoms with Gasteiger partial charge in [-0.25, -0.2) is 0 Å². The fourth-order valence-electron chi connectivity index (χ4n) is 3.36. The van der Waals surface area contributed by atoms with Crippen LogP contribution in [0.5, 0.6) is 0 Å². The Balaban J connectivity index is 0.00000261. The Morgan fingerprint density at radius 1 is 1.07 bits per heavy atom. The molecule has 0 saturated heterocycles. The standard InChI is InChI=1S/C21H25N3O2.ClH/c1-2-3-8-15(13-22)23-20(25)14-24-18-11-6-4-9-16(18)21(26)17-10-5-7-12-19(17)24;/h4-7,9-12,15H,2-3,8,13-14,22H2,1H3,(H,23,25);1H. The van der Waals surface area contributed by atoms with Gasteiger partial charge in [0.2, 0.25) is 5.91 Å². The van der Waals surface area contributed by atoms with Crippen molar-refractivity contribution in [3.8, 4) is 0 Å². The number of unbranched alkanes of at least 4 members (excludes halogenated alkanes) is 1. The van der Waals surface area contributed by atoms with Gasteiger partial charge in [-0.1, -0.05) is 44.0 Å². The highest BCUT2D eigenvalue weighted by Crippen LogP contribution is 2.19. The lowest BCUT2D eigenvalue weighted by atomic mass is 10.1. The second kappa shape index (κ2) is 9.53. The van der Waals surface area contributed by atoms with Crippen molar-refractivity contribution in [3.63, 3.8) is 0 Å². The van der Waals surface area contributed by atoms with E-state index in [0.717, 1.165) is 30.3 Å². The minimum atomic E-state index is -0.0875. The zero-order valence-corrected chi connectivity index (χ0v) is 16.3. The van der Waals surface area contributed by atoms with Crippen LogP contribution in [0.2, 0.25) is 0 Å². The third-order valence-electron chi connectivity index (χ3n) is 4.74. The molecule has 1 aromatic heterocycles. The number of halogens is 1. The number of carbonyl (C=O) groups is 1. The lowest BCUT2D eigenvalue weighted by Crippen LogP contribution is -2.41. The predicted octanol–water partition coefficient (Wildman–Crippen LogP) is 3.21. The Morgan fingerprint density at radius 2 is 1.63 bits per heavy atom. The van der Waals surface area contributed by atoms with Crippen LogP contribution >= 0.6 is 12.4 Å². The number of hydrogen-bond donors (Lipinski definition) is 2. The zero-order valence-electron chi connectivity index (χ0n) is 15.5. The lowest BCUT2D eigenvalue weighted by molar-refractivity contribution is -0.122. The molecule has 0 radical (unpaired) electrons. The van der Waals surface area contributed by atoms with E-state index in [-0.39, 0.29) is 36.3 Å². The molecule has 0 aliphatic heterocycles. The normalized spacial score (nSPS) is 11.9. The Bertz CT molecular complexity index is 924. The van der Waals surface area contributed by atoms with Crippen LogP contribution < -0.4 is 16.5 Å². The number of pyridine rings is 1. The van der Waals surface area contributed by atoms with Gasteiger partial charge in [-0.3, -0.25) is 9.59 Å². The maximum Gasteiger partial charge on any atom is 0.240 e. The third kappa shape index (κ3) is 4.49. The average molecular weight is 388 g/mol. The number of rotatable bonds is 7. The van der Waals surface area contributed by atoms with Gasteiger partial charge in [0.05, 0.1) is 11.0 Å². The number of hydrogen-bond acceptors (Lipinski definition) is 3. The number of nitrogens with zero attached hydrogens (tertiary/aromatic N) is 1. The van der Waals surface area contributed by atoms with Gasteiger partial charge >= 0.3 is 0 Å². The molecular formula is C21H26ClN3O2. The van der Waals surface area contributed by atoms with Gasteiger partial charge in [0.15, 0.2) is 5.43 Å². The number of benzene rings is 2. The molecule has 0 spiro atoms. The number of amides is 1. The van der Waals surface area contributed by atoms with E-state index >= 15 is 0 Å². The van der Waals surface area contributed by atoms with Crippen LogP contribution in [0.4, 0.5) is 0 Å². The molecule has 0 aliphatic carbocycles. The molecule has 0 bridgehead atoms. The highest BCUT2D eigenvalue weighted by atomic mass is 35.5. The summed E-state index contributed by atoms with van der Waals surface area (Å²) in [7, 11) is 0. The molecule has 3 rings (SSSR count). The first-order valence-corrected chi connectivity index (χ1v) is 9.15. The van der Waals surface area contributed by atoms with Crippen LogP contribution in [-0.2, 0) is 11.3 Å². The van der Waals surface area contributed by atoms with Crippen LogP contribution in [0.3, 0.4) is 0 Å². The molecular weight excluding hydrogens is 362 g/mol. The Kier molecular flexibility index (Phi) is 7.39. The van der Waals surface area contributed by atoms with Crippen LogP contribution in [0.1, 0.15) is 26.2 Å². The molecule has 3 aromatic rings. The lowest BCUT2D eigenvalue weighted by Gasteiger charge is -2.19. The van der Waals surface area contributed by atoms with E-state index < -0.39 is 0 Å². The van der Waals surface area contributed by atoms with E-state index in [9.17, 15) is 9.59 Å². The average Bonchev–Trinajstić information content (AvgIpc) is 2.68. The molecule has 0 fully saturated rings. The van der Waals surface area contributed by atoms with Crippen LogP contribution in [0.15, 0.2) is 53.3 Å². The molecule has 0 saturated carbocycles. The number of aromatic nitrogens is 1. The molecule has 0 aliphatic rings. The monoisotopic (exact) mass is 387 g/mol. The van der Waals surface area contributed by atoms with Crippen molar-refractivity contribution in [1.29, 1.82) is 0 Å². The van der Waals surface area contributed by atoms with E-state index in [2.05, 4.69) is 12.2 Å². The molecule has 27 heavy (non-hydrogen) atoms.